The molecule has 1 fully saturated rings. The molecule has 162 valence electrons. The van der Waals surface area contributed by atoms with Gasteiger partial charge in [0.1, 0.15) is 4.90 Å². The monoisotopic (exact) mass is 486 g/mol. The molecule has 0 saturated carbocycles. The average Bonchev–Trinajstić information content (AvgIpc) is 2.74. The normalized spacial score (nSPS) is 15.8. The lowest BCUT2D eigenvalue weighted by Crippen LogP contribution is -2.43. The van der Waals surface area contributed by atoms with E-state index in [1.54, 1.807) is 17.8 Å². The van der Waals surface area contributed by atoms with Crippen LogP contribution in [0.15, 0.2) is 58.3 Å². The fraction of sp³-hybridized carbons (Fsp3) is 0.381. The van der Waals surface area contributed by atoms with E-state index in [1.807, 2.05) is 18.2 Å². The van der Waals surface area contributed by atoms with Crippen molar-refractivity contribution >= 4 is 50.9 Å². The number of carbonyl (C=O) groups is 1. The maximum atomic E-state index is 12.9. The quantitative estimate of drug-likeness (QED) is 0.433. The molecule has 0 bridgehead atoms. The Morgan fingerprint density at radius 1 is 1.03 bits per heavy atom. The predicted octanol–water partition coefficient (Wildman–Crippen LogP) is 4.69. The zero-order valence-corrected chi connectivity index (χ0v) is 19.5. The van der Waals surface area contributed by atoms with E-state index in [1.165, 1.54) is 21.3 Å². The van der Waals surface area contributed by atoms with Crippen molar-refractivity contribution in [1.29, 1.82) is 0 Å². The molecule has 0 atom stereocenters. The van der Waals surface area contributed by atoms with Gasteiger partial charge in [-0.25, -0.2) is 8.42 Å². The highest BCUT2D eigenvalue weighted by Crippen LogP contribution is 2.33. The van der Waals surface area contributed by atoms with Crippen LogP contribution < -0.4 is 5.32 Å². The van der Waals surface area contributed by atoms with Gasteiger partial charge in [0.15, 0.2) is 0 Å². The molecule has 3 rings (SSSR count). The van der Waals surface area contributed by atoms with E-state index >= 15 is 0 Å². The molecule has 1 aliphatic heterocycles. The number of benzene rings is 2. The van der Waals surface area contributed by atoms with Crippen molar-refractivity contribution in [3.63, 3.8) is 0 Å². The number of nitrogens with one attached hydrogen (secondary N) is 1. The summed E-state index contributed by atoms with van der Waals surface area (Å²) in [4.78, 5) is 13.6. The summed E-state index contributed by atoms with van der Waals surface area (Å²) in [6.07, 6.45) is 1.83. The van der Waals surface area contributed by atoms with Gasteiger partial charge in [0.25, 0.3) is 0 Å². The summed E-state index contributed by atoms with van der Waals surface area (Å²) < 4.78 is 27.2. The van der Waals surface area contributed by atoms with Crippen LogP contribution in [0.1, 0.15) is 19.3 Å². The Morgan fingerprint density at radius 2 is 1.67 bits per heavy atom. The minimum absolute atomic E-state index is 0.00691. The van der Waals surface area contributed by atoms with Crippen LogP contribution in [-0.4, -0.2) is 44.0 Å². The van der Waals surface area contributed by atoms with Crippen molar-refractivity contribution in [1.82, 2.24) is 9.62 Å². The molecule has 0 unspecified atom stereocenters. The molecule has 1 saturated heterocycles. The second kappa shape index (κ2) is 10.9. The molecule has 9 heteroatoms. The summed E-state index contributed by atoms with van der Waals surface area (Å²) in [5.74, 6) is 0.743. The highest BCUT2D eigenvalue weighted by Gasteiger charge is 2.34. The van der Waals surface area contributed by atoms with E-state index in [9.17, 15) is 13.2 Å². The molecule has 0 spiro atoms. The molecular weight excluding hydrogens is 463 g/mol. The van der Waals surface area contributed by atoms with Gasteiger partial charge in [-0.15, -0.1) is 11.8 Å². The van der Waals surface area contributed by atoms with E-state index in [4.69, 9.17) is 23.2 Å². The van der Waals surface area contributed by atoms with Gasteiger partial charge in [-0.2, -0.15) is 4.31 Å². The van der Waals surface area contributed by atoms with Crippen LogP contribution in [0.4, 0.5) is 0 Å². The molecule has 1 amide bonds. The minimum atomic E-state index is -3.79. The van der Waals surface area contributed by atoms with Crippen LogP contribution in [0.3, 0.4) is 0 Å². The van der Waals surface area contributed by atoms with Crippen LogP contribution in [0.5, 0.6) is 0 Å². The first-order chi connectivity index (χ1) is 14.4. The van der Waals surface area contributed by atoms with Gasteiger partial charge >= 0.3 is 0 Å². The van der Waals surface area contributed by atoms with Crippen LogP contribution in [0.2, 0.25) is 10.0 Å². The van der Waals surface area contributed by atoms with Crippen molar-refractivity contribution < 1.29 is 13.2 Å². The first kappa shape index (κ1) is 23.4. The molecule has 0 aromatic heterocycles. The number of nitrogens with zero attached hydrogens (tertiary/aromatic N) is 1. The Hall–Kier alpha value is -1.25. The third kappa shape index (κ3) is 5.92. The molecule has 2 aromatic carbocycles. The average molecular weight is 487 g/mol. The topological polar surface area (TPSA) is 66.5 Å². The smallest absolute Gasteiger partial charge is 0.246 e. The SMILES string of the molecule is O=C(NCCCSc1ccccc1)C1CCN(S(=O)(=O)c2c(Cl)cccc2Cl)CC1. The number of amides is 1. The third-order valence-corrected chi connectivity index (χ3v) is 8.93. The third-order valence-electron chi connectivity index (χ3n) is 4.97. The lowest BCUT2D eigenvalue weighted by Gasteiger charge is -2.31. The number of hydrogen-bond donors (Lipinski definition) is 1. The maximum Gasteiger partial charge on any atom is 0.246 e. The summed E-state index contributed by atoms with van der Waals surface area (Å²) in [6.45, 7) is 1.16. The number of hydrogen-bond acceptors (Lipinski definition) is 4. The summed E-state index contributed by atoms with van der Waals surface area (Å²) in [6, 6.07) is 14.8. The van der Waals surface area contributed by atoms with Gasteiger partial charge in [-0.05, 0) is 49.3 Å². The molecule has 0 aliphatic carbocycles. The minimum Gasteiger partial charge on any atom is -0.356 e. The standard InChI is InChI=1S/C21H24Cl2N2O3S2/c22-18-8-4-9-19(23)20(18)30(27,28)25-13-10-16(11-14-25)21(26)24-12-5-15-29-17-6-2-1-3-7-17/h1-4,6-9,16H,5,10-15H2,(H,24,26). The Labute approximate surface area is 192 Å². The van der Waals surface area contributed by atoms with Crippen LogP contribution in [0, 0.1) is 5.92 Å². The summed E-state index contributed by atoms with van der Waals surface area (Å²) in [7, 11) is -3.79. The first-order valence-corrected chi connectivity index (χ1v) is 13.0. The second-order valence-corrected chi connectivity index (χ2v) is 10.9. The van der Waals surface area contributed by atoms with E-state index in [2.05, 4.69) is 17.4 Å². The van der Waals surface area contributed by atoms with E-state index in [-0.39, 0.29) is 39.9 Å². The molecule has 30 heavy (non-hydrogen) atoms. The van der Waals surface area contributed by atoms with E-state index in [0.29, 0.717) is 19.4 Å². The van der Waals surface area contributed by atoms with Crippen LogP contribution >= 0.6 is 35.0 Å². The highest BCUT2D eigenvalue weighted by molar-refractivity contribution is 7.99. The predicted molar refractivity (Wildman–Crippen MR) is 123 cm³/mol. The van der Waals surface area contributed by atoms with Gasteiger partial charge in [0, 0.05) is 30.4 Å². The summed E-state index contributed by atoms with van der Waals surface area (Å²) in [5.41, 5.74) is 0. The van der Waals surface area contributed by atoms with E-state index < -0.39 is 10.0 Å². The molecular formula is C21H24Cl2N2O3S2. The zero-order chi connectivity index (χ0) is 21.6. The molecule has 0 radical (unpaired) electrons. The molecule has 1 heterocycles. The van der Waals surface area contributed by atoms with Gasteiger partial charge in [0.2, 0.25) is 15.9 Å². The largest absolute Gasteiger partial charge is 0.356 e. The number of halogens is 2. The molecule has 1 N–H and O–H groups in total. The second-order valence-electron chi connectivity index (χ2n) is 7.04. The number of sulfonamides is 1. The van der Waals surface area contributed by atoms with Gasteiger partial charge < -0.3 is 5.32 Å². The number of rotatable bonds is 8. The zero-order valence-electron chi connectivity index (χ0n) is 16.4. The Balaban J connectivity index is 1.44. The van der Waals surface area contributed by atoms with Gasteiger partial charge in [-0.3, -0.25) is 4.79 Å². The van der Waals surface area contributed by atoms with Crippen molar-refractivity contribution in [2.45, 2.75) is 29.1 Å². The Morgan fingerprint density at radius 3 is 2.30 bits per heavy atom. The van der Waals surface area contributed by atoms with Crippen LogP contribution in [-0.2, 0) is 14.8 Å². The van der Waals surface area contributed by atoms with E-state index in [0.717, 1.165) is 12.2 Å². The fourth-order valence-electron chi connectivity index (χ4n) is 3.35. The maximum absolute atomic E-state index is 12.9. The van der Waals surface area contributed by atoms with Crippen molar-refractivity contribution in [2.24, 2.45) is 5.92 Å². The number of piperidine rings is 1. The summed E-state index contributed by atoms with van der Waals surface area (Å²) in [5, 5.41) is 3.19. The lowest BCUT2D eigenvalue weighted by molar-refractivity contribution is -0.126. The number of carbonyl (C=O) groups excluding carboxylic acids is 1. The first-order valence-electron chi connectivity index (χ1n) is 9.79. The molecule has 2 aromatic rings. The molecule has 1 aliphatic rings. The Kier molecular flexibility index (Phi) is 8.48. The van der Waals surface area contributed by atoms with Gasteiger partial charge in [-0.1, -0.05) is 47.5 Å². The Bertz CT molecular complexity index is 943. The van der Waals surface area contributed by atoms with Crippen molar-refractivity contribution in [3.8, 4) is 0 Å². The lowest BCUT2D eigenvalue weighted by atomic mass is 9.97. The van der Waals surface area contributed by atoms with Gasteiger partial charge in [0.05, 0.1) is 10.0 Å². The van der Waals surface area contributed by atoms with Crippen molar-refractivity contribution in [2.75, 3.05) is 25.4 Å². The number of thioether (sulfide) groups is 1. The van der Waals surface area contributed by atoms with Crippen molar-refractivity contribution in [3.05, 3.63) is 58.6 Å². The summed E-state index contributed by atoms with van der Waals surface area (Å²) >= 11 is 13.9. The van der Waals surface area contributed by atoms with Crippen LogP contribution in [0.25, 0.3) is 0 Å². The highest BCUT2D eigenvalue weighted by atomic mass is 35.5. The fourth-order valence-corrected chi connectivity index (χ4v) is 6.79. The molecule has 5 nitrogen and oxygen atoms in total.